The summed E-state index contributed by atoms with van der Waals surface area (Å²) in [5.74, 6) is 3.31. The smallest absolute Gasteiger partial charge is 0.285 e. The molecule has 0 spiro atoms. The lowest BCUT2D eigenvalue weighted by Gasteiger charge is -2.58. The standard InChI is InChI=1S/C23H32O2/c1-22-11-3-4-19(22)18-8-7-16-6-5-15(17-10-13-25-21(17)24)14-23(16,2)20(18)9-12-22/h6,10,13,15,18-20,24H,3-5,7-9,11-12,14H2,1-2H3/t15?,18-,19-,20+,22-,23-/m0/s1. The van der Waals surface area contributed by atoms with Crippen LogP contribution in [0.2, 0.25) is 0 Å². The fourth-order valence-electron chi connectivity index (χ4n) is 7.68. The Balaban J connectivity index is 1.48. The molecule has 5 rings (SSSR count). The van der Waals surface area contributed by atoms with E-state index in [0.29, 0.717) is 16.7 Å². The molecule has 25 heavy (non-hydrogen) atoms. The molecule has 0 aliphatic heterocycles. The summed E-state index contributed by atoms with van der Waals surface area (Å²) in [6.07, 6.45) is 16.4. The summed E-state index contributed by atoms with van der Waals surface area (Å²) < 4.78 is 5.20. The SMILES string of the molecule is C[C@@]12CCC[C@H]1[C@@H]1CCC3=CCC(c4ccoc4O)C[C@]3(C)[C@@H]1CC2. The second-order valence-electron chi connectivity index (χ2n) is 9.97. The lowest BCUT2D eigenvalue weighted by Crippen LogP contribution is -2.49. The maximum Gasteiger partial charge on any atom is 0.285 e. The highest BCUT2D eigenvalue weighted by Crippen LogP contribution is 2.66. The molecule has 0 radical (unpaired) electrons. The van der Waals surface area contributed by atoms with Crippen molar-refractivity contribution in [1.29, 1.82) is 0 Å². The minimum atomic E-state index is 0.143. The Kier molecular flexibility index (Phi) is 3.47. The number of furan rings is 1. The lowest BCUT2D eigenvalue weighted by atomic mass is 9.47. The van der Waals surface area contributed by atoms with Crippen LogP contribution in [0.4, 0.5) is 0 Å². The molecule has 1 aromatic heterocycles. The summed E-state index contributed by atoms with van der Waals surface area (Å²) in [6, 6.07) is 1.98. The van der Waals surface area contributed by atoms with E-state index in [0.717, 1.165) is 29.7 Å². The van der Waals surface area contributed by atoms with E-state index >= 15 is 0 Å². The first-order valence-corrected chi connectivity index (χ1v) is 10.5. The van der Waals surface area contributed by atoms with Gasteiger partial charge in [0.25, 0.3) is 5.95 Å². The Morgan fingerprint density at radius 1 is 1.12 bits per heavy atom. The van der Waals surface area contributed by atoms with E-state index in [-0.39, 0.29) is 5.95 Å². The van der Waals surface area contributed by atoms with Crippen LogP contribution in [0, 0.1) is 28.6 Å². The Bertz CT molecular complexity index is 701. The minimum absolute atomic E-state index is 0.143. The zero-order valence-corrected chi connectivity index (χ0v) is 15.8. The third-order valence-electron chi connectivity index (χ3n) is 8.95. The summed E-state index contributed by atoms with van der Waals surface area (Å²) in [5.41, 5.74) is 3.73. The first kappa shape index (κ1) is 16.0. The second-order valence-corrected chi connectivity index (χ2v) is 9.97. The minimum Gasteiger partial charge on any atom is -0.481 e. The molecule has 6 atom stereocenters. The molecule has 4 aliphatic carbocycles. The van der Waals surface area contributed by atoms with Gasteiger partial charge >= 0.3 is 0 Å². The summed E-state index contributed by atoms with van der Waals surface area (Å²) in [6.45, 7) is 5.14. The van der Waals surface area contributed by atoms with Crippen molar-refractivity contribution in [3.8, 4) is 5.95 Å². The third kappa shape index (κ3) is 2.22. The number of hydrogen-bond donors (Lipinski definition) is 1. The molecule has 0 bridgehead atoms. The van der Waals surface area contributed by atoms with Crippen LogP contribution in [-0.4, -0.2) is 5.11 Å². The van der Waals surface area contributed by atoms with Gasteiger partial charge in [0, 0.05) is 5.56 Å². The van der Waals surface area contributed by atoms with Crippen LogP contribution in [0.15, 0.2) is 28.4 Å². The van der Waals surface area contributed by atoms with E-state index in [1.54, 1.807) is 11.8 Å². The highest BCUT2D eigenvalue weighted by Gasteiger charge is 2.56. The monoisotopic (exact) mass is 340 g/mol. The van der Waals surface area contributed by atoms with Crippen molar-refractivity contribution >= 4 is 0 Å². The van der Waals surface area contributed by atoms with Gasteiger partial charge in [0.1, 0.15) is 0 Å². The van der Waals surface area contributed by atoms with Gasteiger partial charge in [0.15, 0.2) is 0 Å². The van der Waals surface area contributed by atoms with Crippen LogP contribution in [0.1, 0.15) is 83.1 Å². The van der Waals surface area contributed by atoms with E-state index in [9.17, 15) is 5.11 Å². The van der Waals surface area contributed by atoms with Crippen LogP contribution in [0.3, 0.4) is 0 Å². The zero-order chi connectivity index (χ0) is 17.2. The molecule has 1 unspecified atom stereocenters. The number of hydrogen-bond acceptors (Lipinski definition) is 2. The molecule has 1 aromatic rings. The van der Waals surface area contributed by atoms with Crippen molar-refractivity contribution in [2.45, 2.75) is 77.6 Å². The largest absolute Gasteiger partial charge is 0.481 e. The summed E-state index contributed by atoms with van der Waals surface area (Å²) in [5, 5.41) is 10.1. The first-order valence-electron chi connectivity index (χ1n) is 10.5. The van der Waals surface area contributed by atoms with Crippen molar-refractivity contribution in [2.75, 3.05) is 0 Å². The summed E-state index contributed by atoms with van der Waals surface area (Å²) >= 11 is 0. The maximum atomic E-state index is 10.1. The van der Waals surface area contributed by atoms with Gasteiger partial charge in [-0.2, -0.15) is 0 Å². The van der Waals surface area contributed by atoms with Crippen LogP contribution in [0.25, 0.3) is 0 Å². The molecule has 3 fully saturated rings. The topological polar surface area (TPSA) is 33.4 Å². The normalized spacial score (nSPS) is 46.1. The number of rotatable bonds is 1. The molecule has 1 N–H and O–H groups in total. The van der Waals surface area contributed by atoms with Gasteiger partial charge in [-0.05, 0) is 91.9 Å². The Morgan fingerprint density at radius 2 is 2.00 bits per heavy atom. The molecule has 0 amide bonds. The van der Waals surface area contributed by atoms with Crippen LogP contribution < -0.4 is 0 Å². The second kappa shape index (κ2) is 5.41. The van der Waals surface area contributed by atoms with Crippen molar-refractivity contribution in [3.63, 3.8) is 0 Å². The Hall–Kier alpha value is -1.18. The van der Waals surface area contributed by atoms with Gasteiger partial charge in [0.2, 0.25) is 0 Å². The molecule has 0 saturated heterocycles. The van der Waals surface area contributed by atoms with Gasteiger partial charge in [-0.15, -0.1) is 0 Å². The fourth-order valence-corrected chi connectivity index (χ4v) is 7.68. The molecule has 4 aliphatic rings. The van der Waals surface area contributed by atoms with Gasteiger partial charge in [-0.3, -0.25) is 0 Å². The average Bonchev–Trinajstić information content (AvgIpc) is 3.19. The third-order valence-corrected chi connectivity index (χ3v) is 8.95. The van der Waals surface area contributed by atoms with Crippen LogP contribution >= 0.6 is 0 Å². The van der Waals surface area contributed by atoms with E-state index in [4.69, 9.17) is 4.42 Å². The van der Waals surface area contributed by atoms with Crippen molar-refractivity contribution in [1.82, 2.24) is 0 Å². The molecular weight excluding hydrogens is 308 g/mol. The quantitative estimate of drug-likeness (QED) is 0.598. The molecule has 136 valence electrons. The highest BCUT2D eigenvalue weighted by molar-refractivity contribution is 5.33. The van der Waals surface area contributed by atoms with E-state index in [2.05, 4.69) is 19.9 Å². The first-order chi connectivity index (χ1) is 12.0. The predicted molar refractivity (Wildman–Crippen MR) is 99.4 cm³/mol. The molecular formula is C23H32O2. The Morgan fingerprint density at radius 3 is 2.80 bits per heavy atom. The van der Waals surface area contributed by atoms with E-state index < -0.39 is 0 Å². The fraction of sp³-hybridized carbons (Fsp3) is 0.739. The zero-order valence-electron chi connectivity index (χ0n) is 15.8. The van der Waals surface area contributed by atoms with E-state index in [1.807, 2.05) is 6.07 Å². The van der Waals surface area contributed by atoms with Crippen molar-refractivity contribution in [3.05, 3.63) is 29.5 Å². The van der Waals surface area contributed by atoms with Gasteiger partial charge < -0.3 is 9.52 Å². The molecule has 1 heterocycles. The van der Waals surface area contributed by atoms with Gasteiger partial charge in [0.05, 0.1) is 6.26 Å². The lowest BCUT2D eigenvalue weighted by molar-refractivity contribution is -0.0382. The van der Waals surface area contributed by atoms with Gasteiger partial charge in [-0.25, -0.2) is 0 Å². The van der Waals surface area contributed by atoms with Crippen molar-refractivity contribution in [2.24, 2.45) is 28.6 Å². The number of fused-ring (bicyclic) bond motifs is 5. The molecule has 2 heteroatoms. The maximum absolute atomic E-state index is 10.1. The average molecular weight is 341 g/mol. The van der Waals surface area contributed by atoms with Crippen LogP contribution in [0.5, 0.6) is 5.95 Å². The molecule has 3 saturated carbocycles. The van der Waals surface area contributed by atoms with Crippen LogP contribution in [-0.2, 0) is 0 Å². The molecule has 2 nitrogen and oxygen atoms in total. The van der Waals surface area contributed by atoms with Crippen molar-refractivity contribution < 1.29 is 9.52 Å². The molecule has 0 aromatic carbocycles. The number of aromatic hydroxyl groups is 1. The number of allylic oxidation sites excluding steroid dienone is 2. The predicted octanol–water partition coefficient (Wildman–Crippen LogP) is 6.42. The van der Waals surface area contributed by atoms with Gasteiger partial charge in [-0.1, -0.05) is 31.9 Å². The summed E-state index contributed by atoms with van der Waals surface area (Å²) in [7, 11) is 0. The summed E-state index contributed by atoms with van der Waals surface area (Å²) in [4.78, 5) is 0. The van der Waals surface area contributed by atoms with E-state index in [1.165, 1.54) is 51.4 Å². The highest BCUT2D eigenvalue weighted by atomic mass is 16.5. The Labute approximate surface area is 151 Å².